The summed E-state index contributed by atoms with van der Waals surface area (Å²) in [6.07, 6.45) is 3.55. The van der Waals surface area contributed by atoms with Crippen LogP contribution in [0.4, 0.5) is 0 Å². The summed E-state index contributed by atoms with van der Waals surface area (Å²) in [6, 6.07) is 23.8. The zero-order valence-electron chi connectivity index (χ0n) is 19.6. The highest BCUT2D eigenvalue weighted by Crippen LogP contribution is 2.27. The summed E-state index contributed by atoms with van der Waals surface area (Å²) < 4.78 is 11.2. The highest BCUT2D eigenvalue weighted by molar-refractivity contribution is 5.91. The van der Waals surface area contributed by atoms with Crippen molar-refractivity contribution in [1.29, 1.82) is 0 Å². The summed E-state index contributed by atoms with van der Waals surface area (Å²) in [5, 5.41) is 0. The van der Waals surface area contributed by atoms with E-state index in [9.17, 15) is 4.79 Å². The van der Waals surface area contributed by atoms with E-state index in [1.165, 1.54) is 18.4 Å². The van der Waals surface area contributed by atoms with E-state index in [1.54, 1.807) is 0 Å². The second-order valence-corrected chi connectivity index (χ2v) is 8.15. The molecular weight excluding hydrogens is 396 g/mol. The van der Waals surface area contributed by atoms with Gasteiger partial charge in [0.2, 0.25) is 0 Å². The van der Waals surface area contributed by atoms with Crippen molar-refractivity contribution < 1.29 is 14.3 Å². The van der Waals surface area contributed by atoms with Crippen molar-refractivity contribution in [3.8, 4) is 16.9 Å². The molecule has 0 aliphatic rings. The summed E-state index contributed by atoms with van der Waals surface area (Å²) in [5.74, 6) is 0.799. The van der Waals surface area contributed by atoms with E-state index in [0.29, 0.717) is 23.8 Å². The molecule has 0 bridgehead atoms. The van der Waals surface area contributed by atoms with Crippen molar-refractivity contribution in [2.75, 3.05) is 6.61 Å². The van der Waals surface area contributed by atoms with Gasteiger partial charge in [-0.25, -0.2) is 4.79 Å². The second-order valence-electron chi connectivity index (χ2n) is 8.15. The maximum absolute atomic E-state index is 12.6. The molecule has 32 heavy (non-hydrogen) atoms. The molecule has 0 aromatic heterocycles. The predicted molar refractivity (Wildman–Crippen MR) is 131 cm³/mol. The summed E-state index contributed by atoms with van der Waals surface area (Å²) >= 11 is 0. The Kier molecular flexibility index (Phi) is 8.64. The van der Waals surface area contributed by atoms with Crippen LogP contribution in [0.15, 0.2) is 72.8 Å². The summed E-state index contributed by atoms with van der Waals surface area (Å²) in [4.78, 5) is 12.6. The van der Waals surface area contributed by atoms with E-state index < -0.39 is 0 Å². The fraction of sp³-hybridized carbons (Fsp3) is 0.345. The second kappa shape index (κ2) is 11.6. The topological polar surface area (TPSA) is 35.5 Å². The van der Waals surface area contributed by atoms with E-state index in [1.807, 2.05) is 43.3 Å². The molecule has 0 heterocycles. The Bertz CT molecular complexity index is 972. The Morgan fingerprint density at radius 3 is 1.88 bits per heavy atom. The molecule has 2 unspecified atom stereocenters. The van der Waals surface area contributed by atoms with Gasteiger partial charge in [0.25, 0.3) is 0 Å². The number of carbonyl (C=O) groups excluding carboxylic acids is 1. The van der Waals surface area contributed by atoms with Crippen molar-refractivity contribution in [2.24, 2.45) is 0 Å². The van der Waals surface area contributed by atoms with Crippen LogP contribution >= 0.6 is 0 Å². The molecule has 3 nitrogen and oxygen atoms in total. The smallest absolute Gasteiger partial charge is 0.343 e. The molecule has 0 N–H and O–H groups in total. The number of carbonyl (C=O) groups is 1. The van der Waals surface area contributed by atoms with E-state index in [-0.39, 0.29) is 12.1 Å². The number of hydrogen-bond acceptors (Lipinski definition) is 3. The largest absolute Gasteiger partial charge is 0.423 e. The number of benzene rings is 3. The number of esters is 1. The van der Waals surface area contributed by atoms with Gasteiger partial charge in [-0.1, -0.05) is 68.8 Å². The lowest BCUT2D eigenvalue weighted by atomic mass is 9.92. The monoisotopic (exact) mass is 430 g/mol. The molecule has 2 atom stereocenters. The minimum Gasteiger partial charge on any atom is -0.423 e. The molecular formula is C29H34O3. The summed E-state index contributed by atoms with van der Waals surface area (Å²) in [5.41, 5.74) is 5.16. The maximum atomic E-state index is 12.6. The van der Waals surface area contributed by atoms with Crippen molar-refractivity contribution >= 4 is 5.97 Å². The molecule has 0 radical (unpaired) electrons. The molecule has 0 spiro atoms. The minimum atomic E-state index is -0.342. The first kappa shape index (κ1) is 23.7. The van der Waals surface area contributed by atoms with Crippen LogP contribution in [0.3, 0.4) is 0 Å². The average Bonchev–Trinajstić information content (AvgIpc) is 2.83. The molecule has 3 aromatic carbocycles. The summed E-state index contributed by atoms with van der Waals surface area (Å²) in [7, 11) is 0. The van der Waals surface area contributed by atoms with Crippen LogP contribution in [0.2, 0.25) is 0 Å². The SMILES string of the molecule is CCCC(CC)c1ccc(OC(=O)c2ccc(-c3ccc(C(C)OCC)cc3)cc2)cc1. The minimum absolute atomic E-state index is 0.0831. The lowest BCUT2D eigenvalue weighted by Crippen LogP contribution is -2.08. The fourth-order valence-corrected chi connectivity index (χ4v) is 4.02. The van der Waals surface area contributed by atoms with Gasteiger partial charge >= 0.3 is 5.97 Å². The molecule has 0 saturated heterocycles. The molecule has 3 rings (SSSR count). The quantitative estimate of drug-likeness (QED) is 0.242. The van der Waals surface area contributed by atoms with Gasteiger partial charge in [0.15, 0.2) is 0 Å². The van der Waals surface area contributed by atoms with Crippen LogP contribution in [-0.4, -0.2) is 12.6 Å². The normalized spacial score (nSPS) is 12.9. The molecule has 0 fully saturated rings. The van der Waals surface area contributed by atoms with Gasteiger partial charge in [0.1, 0.15) is 5.75 Å². The van der Waals surface area contributed by atoms with Crippen molar-refractivity contribution in [3.05, 3.63) is 89.5 Å². The summed E-state index contributed by atoms with van der Waals surface area (Å²) in [6.45, 7) is 9.18. The van der Waals surface area contributed by atoms with Crippen molar-refractivity contribution in [1.82, 2.24) is 0 Å². The molecule has 0 aliphatic carbocycles. The van der Waals surface area contributed by atoms with E-state index >= 15 is 0 Å². The number of rotatable bonds is 10. The van der Waals surface area contributed by atoms with Gasteiger partial charge in [-0.2, -0.15) is 0 Å². The number of ether oxygens (including phenoxy) is 2. The fourth-order valence-electron chi connectivity index (χ4n) is 4.02. The van der Waals surface area contributed by atoms with E-state index in [4.69, 9.17) is 9.47 Å². The Hall–Kier alpha value is -2.91. The van der Waals surface area contributed by atoms with Crippen molar-refractivity contribution in [2.45, 2.75) is 59.0 Å². The van der Waals surface area contributed by atoms with Gasteiger partial charge < -0.3 is 9.47 Å². The van der Waals surface area contributed by atoms with E-state index in [0.717, 1.165) is 23.1 Å². The van der Waals surface area contributed by atoms with Crippen LogP contribution in [0.25, 0.3) is 11.1 Å². The maximum Gasteiger partial charge on any atom is 0.343 e. The van der Waals surface area contributed by atoms with E-state index in [2.05, 4.69) is 57.2 Å². The first-order chi connectivity index (χ1) is 15.5. The van der Waals surface area contributed by atoms with Crippen LogP contribution in [0.1, 0.15) is 80.5 Å². The lowest BCUT2D eigenvalue weighted by molar-refractivity contribution is 0.0734. The van der Waals surface area contributed by atoms with Crippen molar-refractivity contribution in [3.63, 3.8) is 0 Å². The third kappa shape index (κ3) is 6.08. The molecule has 168 valence electrons. The first-order valence-corrected chi connectivity index (χ1v) is 11.7. The average molecular weight is 431 g/mol. The zero-order chi connectivity index (χ0) is 22.9. The van der Waals surface area contributed by atoms with Crippen LogP contribution in [-0.2, 0) is 4.74 Å². The van der Waals surface area contributed by atoms with Gasteiger partial charge in [-0.3, -0.25) is 0 Å². The molecule has 3 aromatic rings. The first-order valence-electron chi connectivity index (χ1n) is 11.7. The molecule has 0 amide bonds. The van der Waals surface area contributed by atoms with Gasteiger partial charge in [0.05, 0.1) is 11.7 Å². The Morgan fingerprint density at radius 1 is 0.781 bits per heavy atom. The van der Waals surface area contributed by atoms with Crippen LogP contribution in [0.5, 0.6) is 5.75 Å². The molecule has 3 heteroatoms. The Morgan fingerprint density at radius 2 is 1.34 bits per heavy atom. The molecule has 0 aliphatic heterocycles. The van der Waals surface area contributed by atoms with Gasteiger partial charge in [-0.05, 0) is 79.1 Å². The highest BCUT2D eigenvalue weighted by Gasteiger charge is 2.12. The standard InChI is InChI=1S/C29H34O3/c1-5-8-22(6-2)24-17-19-28(20-18-24)32-29(30)27-15-13-26(14-16-27)25-11-9-23(10-12-25)21(4)31-7-3/h9-22H,5-8H2,1-4H3. The third-order valence-electron chi connectivity index (χ3n) is 5.94. The third-order valence-corrected chi connectivity index (χ3v) is 5.94. The highest BCUT2D eigenvalue weighted by atomic mass is 16.5. The number of hydrogen-bond donors (Lipinski definition) is 0. The zero-order valence-corrected chi connectivity index (χ0v) is 19.6. The van der Waals surface area contributed by atoms with Gasteiger partial charge in [-0.15, -0.1) is 0 Å². The van der Waals surface area contributed by atoms with Crippen LogP contribution < -0.4 is 4.74 Å². The molecule has 0 saturated carbocycles. The predicted octanol–water partition coefficient (Wildman–Crippen LogP) is 7.96. The Labute approximate surface area is 192 Å². The van der Waals surface area contributed by atoms with Crippen LogP contribution in [0, 0.1) is 0 Å². The lowest BCUT2D eigenvalue weighted by Gasteiger charge is -2.14. The Balaban J connectivity index is 1.64. The van der Waals surface area contributed by atoms with Gasteiger partial charge in [0, 0.05) is 6.61 Å².